The average Bonchev–Trinajstić information content (AvgIpc) is 4.22. The van der Waals surface area contributed by atoms with Crippen LogP contribution in [0.3, 0.4) is 0 Å². The van der Waals surface area contributed by atoms with Gasteiger partial charge >= 0.3 is 0 Å². The molecule has 8 bridgehead atoms. The Morgan fingerprint density at radius 3 is 0.494 bits per heavy atom. The fourth-order valence-electron chi connectivity index (χ4n) is 8.43. The molecule has 5 heterocycles. The van der Waals surface area contributed by atoms with Crippen LogP contribution in [0.5, 0.6) is 23.0 Å². The van der Waals surface area contributed by atoms with Gasteiger partial charge in [-0.05, 0) is 98.5 Å². The molecule has 0 atom stereocenters. The monoisotopic (exact) mass is 1060 g/mol. The van der Waals surface area contributed by atoms with Gasteiger partial charge in [-0.2, -0.15) is 0 Å². The van der Waals surface area contributed by atoms with Gasteiger partial charge in [0.25, 0.3) is 0 Å². The number of hydrogen-bond donors (Lipinski definition) is 0. The second-order valence-electron chi connectivity index (χ2n) is 17.7. The van der Waals surface area contributed by atoms with E-state index >= 15 is 0 Å². The van der Waals surface area contributed by atoms with Crippen LogP contribution in [0.4, 0.5) is 0 Å². The molecule has 5 aliphatic heterocycles. The summed E-state index contributed by atoms with van der Waals surface area (Å²) in [5.74, 6) is 8.12. The van der Waals surface area contributed by atoms with Crippen molar-refractivity contribution in [1.82, 2.24) is 0 Å². The largest absolute Gasteiger partial charge is 0.497 e. The summed E-state index contributed by atoms with van der Waals surface area (Å²) in [6.45, 7) is 8.18. The second kappa shape index (κ2) is 25.4. The van der Waals surface area contributed by atoms with Crippen LogP contribution in [-0.2, 0) is 17.1 Å². The molecule has 1 radical (unpaired) electrons. The van der Waals surface area contributed by atoms with E-state index in [9.17, 15) is 0 Å². The predicted molar refractivity (Wildman–Crippen MR) is 309 cm³/mol. The van der Waals surface area contributed by atoms with E-state index in [0.29, 0.717) is 46.7 Å². The van der Waals surface area contributed by atoms with Gasteiger partial charge in [0, 0.05) is 61.6 Å². The number of aryl methyl sites for hydroxylation is 4. The van der Waals surface area contributed by atoms with Crippen molar-refractivity contribution in [3.8, 4) is 23.0 Å². The van der Waals surface area contributed by atoms with Gasteiger partial charge in [0.1, 0.15) is 23.0 Å². The number of ether oxygens (including phenoxy) is 4. The van der Waals surface area contributed by atoms with E-state index in [1.165, 1.54) is 22.3 Å². The van der Waals surface area contributed by atoms with Crippen molar-refractivity contribution in [1.29, 1.82) is 0 Å². The number of methoxy groups -OCH3 is 4. The Morgan fingerprint density at radius 1 is 0.221 bits per heavy atom. The number of nitrogens with zero attached hydrogens (tertiary/aromatic N) is 8. The number of aliphatic imine (C=N–C) groups is 8. The Bertz CT molecular complexity index is 3220. The second-order valence-corrected chi connectivity index (χ2v) is 17.7. The molecule has 13 rings (SSSR count). The van der Waals surface area contributed by atoms with Crippen molar-refractivity contribution in [2.45, 2.75) is 27.7 Å². The van der Waals surface area contributed by atoms with E-state index in [-0.39, 0.29) is 17.1 Å². The van der Waals surface area contributed by atoms with Crippen LogP contribution >= 0.6 is 0 Å². The summed E-state index contributed by atoms with van der Waals surface area (Å²) in [7, 11) is 6.70. The maximum Gasteiger partial charge on any atom is 0.164 e. The van der Waals surface area contributed by atoms with Crippen LogP contribution in [0.1, 0.15) is 66.8 Å². The van der Waals surface area contributed by atoms with E-state index in [0.717, 1.165) is 67.5 Å². The summed E-state index contributed by atoms with van der Waals surface area (Å²) < 4.78 is 20.0. The van der Waals surface area contributed by atoms with Crippen molar-refractivity contribution < 1.29 is 36.0 Å². The third kappa shape index (κ3) is 13.0. The van der Waals surface area contributed by atoms with Crippen LogP contribution in [0, 0.1) is 27.7 Å². The van der Waals surface area contributed by atoms with Gasteiger partial charge in [0.2, 0.25) is 0 Å². The first-order valence-corrected chi connectivity index (χ1v) is 24.6. The molecule has 8 aromatic rings. The number of amidine groups is 8. The van der Waals surface area contributed by atoms with Crippen molar-refractivity contribution >= 4 is 46.7 Å². The molecule has 0 saturated carbocycles. The topological polar surface area (TPSA) is 136 Å². The third-order valence-corrected chi connectivity index (χ3v) is 12.2. The summed E-state index contributed by atoms with van der Waals surface area (Å²) >= 11 is 0. The molecule has 0 spiro atoms. The summed E-state index contributed by atoms with van der Waals surface area (Å²) in [6.07, 6.45) is 0. The van der Waals surface area contributed by atoms with Gasteiger partial charge in [0.05, 0.1) is 28.4 Å². The van der Waals surface area contributed by atoms with Gasteiger partial charge in [0.15, 0.2) is 46.7 Å². The molecular weight excluding hydrogens is 1010 g/mol. The Morgan fingerprint density at radius 2 is 0.377 bits per heavy atom. The minimum atomic E-state index is 0. The van der Waals surface area contributed by atoms with Crippen molar-refractivity contribution in [3.63, 3.8) is 0 Å². The first kappa shape index (κ1) is 54.1. The summed E-state index contributed by atoms with van der Waals surface area (Å²) in [5, 5.41) is 0. The predicted octanol–water partition coefficient (Wildman–Crippen LogP) is 12.8. The summed E-state index contributed by atoms with van der Waals surface area (Å²) in [4.78, 5) is 39.3. The van der Waals surface area contributed by atoms with Gasteiger partial charge in [-0.15, -0.1) is 0 Å². The SMILES string of the molecule is COc1cccc(C)c1.COc1cccc(C)c1.COc1cccc(C)c1.COc1cccc(C)c1.[Cu].c1ccc2c(c1)C1=NC2=NC2=NC(=NC3=NC(=NC4=NC(=N1)c1ccccc14)c1ccccc13)c1ccccc12. The molecule has 0 N–H and O–H groups in total. The van der Waals surface area contributed by atoms with Crippen molar-refractivity contribution in [3.05, 3.63) is 261 Å². The molecule has 0 saturated heterocycles. The Hall–Kier alpha value is -9.16. The molecule has 387 valence electrons. The number of fused-ring (bicyclic) bond motifs is 16. The summed E-state index contributed by atoms with van der Waals surface area (Å²) in [6, 6.07) is 63.7. The van der Waals surface area contributed by atoms with Crippen LogP contribution < -0.4 is 18.9 Å². The molecule has 5 aliphatic rings. The number of hydrogen-bond acceptors (Lipinski definition) is 12. The van der Waals surface area contributed by atoms with E-state index in [2.05, 4.69) is 0 Å². The van der Waals surface area contributed by atoms with Crippen LogP contribution in [0.25, 0.3) is 0 Å². The maximum atomic E-state index is 5.00. The zero-order valence-corrected chi connectivity index (χ0v) is 44.9. The molecule has 13 heteroatoms. The first-order valence-electron chi connectivity index (χ1n) is 24.6. The van der Waals surface area contributed by atoms with Gasteiger partial charge < -0.3 is 18.9 Å². The molecule has 0 amide bonds. The fraction of sp³-hybridized carbons (Fsp3) is 0.125. The minimum Gasteiger partial charge on any atom is -0.497 e. The van der Waals surface area contributed by atoms with E-state index in [1.54, 1.807) is 28.4 Å². The van der Waals surface area contributed by atoms with Crippen molar-refractivity contribution in [2.75, 3.05) is 28.4 Å². The normalized spacial score (nSPS) is 13.2. The van der Waals surface area contributed by atoms with Crippen LogP contribution in [0.2, 0.25) is 0 Å². The smallest absolute Gasteiger partial charge is 0.164 e. The molecule has 0 fully saturated rings. The Kier molecular flexibility index (Phi) is 17.8. The molecule has 77 heavy (non-hydrogen) atoms. The number of rotatable bonds is 4. The Labute approximate surface area is 460 Å². The number of benzene rings is 8. The van der Waals surface area contributed by atoms with E-state index in [1.807, 2.05) is 222 Å². The molecule has 12 nitrogen and oxygen atoms in total. The van der Waals surface area contributed by atoms with Gasteiger partial charge in [-0.25, -0.2) is 39.9 Å². The third-order valence-electron chi connectivity index (χ3n) is 12.2. The van der Waals surface area contributed by atoms with Crippen molar-refractivity contribution in [2.24, 2.45) is 39.9 Å². The van der Waals surface area contributed by atoms with Crippen LogP contribution in [0.15, 0.2) is 234 Å². The van der Waals surface area contributed by atoms with Gasteiger partial charge in [-0.3, -0.25) is 0 Å². The zero-order valence-electron chi connectivity index (χ0n) is 44.0. The molecular formula is C64H56CuN8O4. The molecule has 8 aromatic carbocycles. The van der Waals surface area contributed by atoms with Crippen LogP contribution in [-0.4, -0.2) is 75.1 Å². The van der Waals surface area contributed by atoms with E-state index < -0.39 is 0 Å². The fourth-order valence-corrected chi connectivity index (χ4v) is 8.43. The minimum absolute atomic E-state index is 0. The van der Waals surface area contributed by atoms with E-state index in [4.69, 9.17) is 58.9 Å². The summed E-state index contributed by atoms with van der Waals surface area (Å²) in [5.41, 5.74) is 12.1. The standard InChI is InChI=1S/C32H16N8.4C8H10O.Cu/c1-2-10-18-17(9-1)25-33-26(18)38-28-21-13-5-6-14-22(21)30(35-28)40-32-24-16-8-7-15-23(24)31(36-32)39-29-20-12-4-3-11-19(20)27(34-29)37-25;4*1-7-4-3-5-8(6-7)9-2;/h1-16H;4*3-6H,1-2H3;. The maximum absolute atomic E-state index is 5.00. The Balaban J connectivity index is 0.000000170. The molecule has 0 aliphatic carbocycles. The molecule has 0 unspecified atom stereocenters. The zero-order chi connectivity index (χ0) is 53.0. The average molecular weight is 1060 g/mol. The quantitative estimate of drug-likeness (QED) is 0.162. The first-order chi connectivity index (χ1) is 37.1. The molecule has 0 aromatic heterocycles. The van der Waals surface area contributed by atoms with Gasteiger partial charge in [-0.1, -0.05) is 146 Å².